The third kappa shape index (κ3) is 5.08. The molecule has 0 aliphatic carbocycles. The highest BCUT2D eigenvalue weighted by atomic mass is 32.2. The Labute approximate surface area is 161 Å². The molecule has 1 aromatic carbocycles. The predicted octanol–water partition coefficient (Wildman–Crippen LogP) is 2.42. The lowest BCUT2D eigenvalue weighted by atomic mass is 10.2. The standard InChI is InChI=1S/C17H26N4O4SSi/c1-17(2,3)27(4,5)25-15(13-22)11-12-26(23,24)16-18-19-20-21(16)14-9-7-6-8-10-14/h6-10,13,15H,11-12H2,1-5H3. The van der Waals surface area contributed by atoms with Gasteiger partial charge in [-0.15, -0.1) is 0 Å². The van der Waals surface area contributed by atoms with E-state index in [1.165, 1.54) is 4.68 Å². The molecule has 0 radical (unpaired) electrons. The quantitative estimate of drug-likeness (QED) is 0.486. The van der Waals surface area contributed by atoms with Crippen molar-refractivity contribution in [1.29, 1.82) is 0 Å². The summed E-state index contributed by atoms with van der Waals surface area (Å²) in [4.78, 5) is 11.5. The monoisotopic (exact) mass is 410 g/mol. The third-order valence-electron chi connectivity index (χ3n) is 4.79. The summed E-state index contributed by atoms with van der Waals surface area (Å²) in [5.41, 5.74) is 0.547. The Kier molecular flexibility index (Phi) is 6.33. The lowest BCUT2D eigenvalue weighted by molar-refractivity contribution is -0.114. The van der Waals surface area contributed by atoms with Gasteiger partial charge in [0.1, 0.15) is 12.4 Å². The Morgan fingerprint density at radius 1 is 1.22 bits per heavy atom. The fourth-order valence-electron chi connectivity index (χ4n) is 2.18. The summed E-state index contributed by atoms with van der Waals surface area (Å²) in [7, 11) is -5.98. The van der Waals surface area contributed by atoms with Crippen LogP contribution in [0.2, 0.25) is 18.1 Å². The number of tetrazole rings is 1. The minimum absolute atomic E-state index is 0.0555. The van der Waals surface area contributed by atoms with Crippen molar-refractivity contribution in [3.05, 3.63) is 30.3 Å². The van der Waals surface area contributed by atoms with Crippen molar-refractivity contribution in [2.75, 3.05) is 5.75 Å². The molecule has 27 heavy (non-hydrogen) atoms. The van der Waals surface area contributed by atoms with E-state index in [1.54, 1.807) is 24.3 Å². The SMILES string of the molecule is CC(C)(C)[Si](C)(C)OC(C=O)CCS(=O)(=O)c1nnnn1-c1ccccc1. The molecule has 0 amide bonds. The Hall–Kier alpha value is -1.91. The number of aromatic nitrogens is 4. The van der Waals surface area contributed by atoms with Crippen molar-refractivity contribution in [3.63, 3.8) is 0 Å². The van der Waals surface area contributed by atoms with Gasteiger partial charge in [-0.25, -0.2) is 8.42 Å². The van der Waals surface area contributed by atoms with Crippen LogP contribution in [0.25, 0.3) is 5.69 Å². The number of hydrogen-bond acceptors (Lipinski definition) is 7. The highest BCUT2D eigenvalue weighted by Gasteiger charge is 2.39. The largest absolute Gasteiger partial charge is 0.407 e. The van der Waals surface area contributed by atoms with Crippen LogP contribution in [-0.2, 0) is 19.1 Å². The van der Waals surface area contributed by atoms with Crippen LogP contribution < -0.4 is 0 Å². The average molecular weight is 411 g/mol. The number of sulfone groups is 1. The topological polar surface area (TPSA) is 104 Å². The van der Waals surface area contributed by atoms with Crippen molar-refractivity contribution in [3.8, 4) is 5.69 Å². The Balaban J connectivity index is 2.16. The molecule has 2 aromatic rings. The van der Waals surface area contributed by atoms with Gasteiger partial charge in [-0.1, -0.05) is 44.1 Å². The van der Waals surface area contributed by atoms with Gasteiger partial charge in [-0.2, -0.15) is 4.68 Å². The molecule has 0 aliphatic rings. The minimum atomic E-state index is -3.79. The fraction of sp³-hybridized carbons (Fsp3) is 0.529. The van der Waals surface area contributed by atoms with Crippen molar-refractivity contribution in [2.24, 2.45) is 0 Å². The number of para-hydroxylation sites is 1. The van der Waals surface area contributed by atoms with E-state index in [4.69, 9.17) is 4.43 Å². The molecule has 0 fully saturated rings. The molecule has 10 heteroatoms. The van der Waals surface area contributed by atoms with Gasteiger partial charge >= 0.3 is 0 Å². The fourth-order valence-corrected chi connectivity index (χ4v) is 4.75. The van der Waals surface area contributed by atoms with E-state index >= 15 is 0 Å². The predicted molar refractivity (Wildman–Crippen MR) is 104 cm³/mol. The smallest absolute Gasteiger partial charge is 0.272 e. The van der Waals surface area contributed by atoms with Gasteiger partial charge in [0.05, 0.1) is 11.4 Å². The molecule has 1 heterocycles. The lowest BCUT2D eigenvalue weighted by Gasteiger charge is -2.38. The minimum Gasteiger partial charge on any atom is -0.407 e. The number of nitrogens with zero attached hydrogens (tertiary/aromatic N) is 4. The molecule has 1 unspecified atom stereocenters. The molecule has 0 aliphatic heterocycles. The van der Waals surface area contributed by atoms with Gasteiger partial charge in [0.15, 0.2) is 8.32 Å². The zero-order valence-corrected chi connectivity index (χ0v) is 18.1. The molecule has 1 atom stereocenters. The van der Waals surface area contributed by atoms with Gasteiger partial charge in [0.25, 0.3) is 5.16 Å². The molecule has 0 spiro atoms. The van der Waals surface area contributed by atoms with E-state index in [0.717, 1.165) is 0 Å². The molecule has 2 rings (SSSR count). The Bertz CT molecular complexity index is 876. The van der Waals surface area contributed by atoms with Crippen LogP contribution in [0.1, 0.15) is 27.2 Å². The maximum absolute atomic E-state index is 12.7. The van der Waals surface area contributed by atoms with Gasteiger partial charge in [-0.3, -0.25) is 0 Å². The molecule has 0 N–H and O–H groups in total. The number of rotatable bonds is 8. The summed E-state index contributed by atoms with van der Waals surface area (Å²) in [5.74, 6) is -0.280. The van der Waals surface area contributed by atoms with E-state index in [1.807, 2.05) is 19.2 Å². The third-order valence-corrected chi connectivity index (χ3v) is 10.9. The maximum Gasteiger partial charge on any atom is 0.272 e. The number of aldehydes is 1. The Morgan fingerprint density at radius 3 is 2.41 bits per heavy atom. The second-order valence-corrected chi connectivity index (χ2v) is 14.6. The van der Waals surface area contributed by atoms with E-state index in [-0.39, 0.29) is 22.4 Å². The first-order valence-electron chi connectivity index (χ1n) is 8.67. The van der Waals surface area contributed by atoms with Gasteiger partial charge in [-0.05, 0) is 47.1 Å². The van der Waals surface area contributed by atoms with E-state index in [0.29, 0.717) is 12.0 Å². The zero-order valence-electron chi connectivity index (χ0n) is 16.3. The second-order valence-electron chi connectivity index (χ2n) is 7.87. The first-order valence-corrected chi connectivity index (χ1v) is 13.2. The first-order chi connectivity index (χ1) is 12.5. The summed E-state index contributed by atoms with van der Waals surface area (Å²) in [6.07, 6.45) is -0.0439. The molecule has 1 aromatic heterocycles. The van der Waals surface area contributed by atoms with Crippen LogP contribution in [-0.4, -0.2) is 55.1 Å². The van der Waals surface area contributed by atoms with Gasteiger partial charge in [0, 0.05) is 0 Å². The van der Waals surface area contributed by atoms with E-state index < -0.39 is 24.3 Å². The molecule has 148 valence electrons. The van der Waals surface area contributed by atoms with E-state index in [2.05, 4.69) is 36.3 Å². The number of hydrogen-bond donors (Lipinski definition) is 0. The molecular formula is C17H26N4O4SSi. The van der Waals surface area contributed by atoms with Gasteiger partial charge in [0.2, 0.25) is 9.84 Å². The van der Waals surface area contributed by atoms with Crippen LogP contribution in [0.15, 0.2) is 35.5 Å². The summed E-state index contributed by atoms with van der Waals surface area (Å²) < 4.78 is 32.7. The van der Waals surface area contributed by atoms with Gasteiger partial charge < -0.3 is 9.22 Å². The lowest BCUT2D eigenvalue weighted by Crippen LogP contribution is -2.44. The van der Waals surface area contributed by atoms with Crippen molar-refractivity contribution in [1.82, 2.24) is 20.2 Å². The highest BCUT2D eigenvalue weighted by molar-refractivity contribution is 7.91. The Morgan fingerprint density at radius 2 is 1.85 bits per heavy atom. The summed E-state index contributed by atoms with van der Waals surface area (Å²) in [6, 6.07) is 8.77. The molecule has 0 bridgehead atoms. The van der Waals surface area contributed by atoms with Crippen molar-refractivity contribution >= 4 is 24.4 Å². The summed E-state index contributed by atoms with van der Waals surface area (Å²) in [5, 5.41) is 10.6. The highest BCUT2D eigenvalue weighted by Crippen LogP contribution is 2.37. The molecule has 0 saturated heterocycles. The second kappa shape index (κ2) is 7.99. The van der Waals surface area contributed by atoms with Crippen molar-refractivity contribution < 1.29 is 17.6 Å². The first kappa shape index (κ1) is 21.4. The zero-order chi connectivity index (χ0) is 20.3. The van der Waals surface area contributed by atoms with Crippen molar-refractivity contribution in [2.45, 2.75) is 56.6 Å². The van der Waals surface area contributed by atoms with Crippen LogP contribution in [0, 0.1) is 0 Å². The van der Waals surface area contributed by atoms with Crippen LogP contribution in [0.5, 0.6) is 0 Å². The molecular weight excluding hydrogens is 384 g/mol. The van der Waals surface area contributed by atoms with Crippen LogP contribution in [0.4, 0.5) is 0 Å². The number of carbonyl (C=O) groups is 1. The number of carbonyl (C=O) groups excluding carboxylic acids is 1. The average Bonchev–Trinajstić information content (AvgIpc) is 3.09. The van der Waals surface area contributed by atoms with Crippen LogP contribution >= 0.6 is 0 Å². The molecule has 8 nitrogen and oxygen atoms in total. The van der Waals surface area contributed by atoms with E-state index in [9.17, 15) is 13.2 Å². The normalized spacial score (nSPS) is 14.1. The number of benzene rings is 1. The maximum atomic E-state index is 12.7. The molecule has 0 saturated carbocycles. The summed E-state index contributed by atoms with van der Waals surface area (Å²) in [6.45, 7) is 10.2. The van der Waals surface area contributed by atoms with Crippen LogP contribution in [0.3, 0.4) is 0 Å². The summed E-state index contributed by atoms with van der Waals surface area (Å²) >= 11 is 0.